The number of likely N-dealkylation sites (N-methyl/N-ethyl adjacent to an activating group) is 1. The van der Waals surface area contributed by atoms with E-state index in [1.807, 2.05) is 46.1 Å². The molecule has 0 atom stereocenters. The van der Waals surface area contributed by atoms with Crippen molar-refractivity contribution in [1.82, 2.24) is 19.7 Å². The molecule has 144 valence electrons. The minimum absolute atomic E-state index is 0.0896. The maximum atomic E-state index is 13.3. The second kappa shape index (κ2) is 8.49. The number of aryl methyl sites for hydroxylation is 1. The Kier molecular flexibility index (Phi) is 6.08. The van der Waals surface area contributed by atoms with Crippen LogP contribution in [0.25, 0.3) is 10.2 Å². The molecule has 0 unspecified atom stereocenters. The van der Waals surface area contributed by atoms with Crippen LogP contribution in [0.4, 0.5) is 5.13 Å². The predicted molar refractivity (Wildman–Crippen MR) is 109 cm³/mol. The van der Waals surface area contributed by atoms with Crippen molar-refractivity contribution in [3.63, 3.8) is 0 Å². The van der Waals surface area contributed by atoms with E-state index in [-0.39, 0.29) is 5.91 Å². The Bertz CT molecular complexity index is 918. The number of aromatic nitrogens is 3. The summed E-state index contributed by atoms with van der Waals surface area (Å²) in [5.74, 6) is 0.657. The molecule has 27 heavy (non-hydrogen) atoms. The first kappa shape index (κ1) is 19.3. The number of carbonyl (C=O) groups is 1. The minimum atomic E-state index is -0.0896. The maximum absolute atomic E-state index is 13.3. The third-order valence-corrected chi connectivity index (χ3v) is 5.20. The normalized spacial score (nSPS) is 11.3. The summed E-state index contributed by atoms with van der Waals surface area (Å²) in [5, 5.41) is 4.90. The van der Waals surface area contributed by atoms with Crippen LogP contribution in [-0.2, 0) is 6.54 Å². The highest BCUT2D eigenvalue weighted by molar-refractivity contribution is 7.22. The molecule has 0 saturated carbocycles. The van der Waals surface area contributed by atoms with Crippen LogP contribution in [0.1, 0.15) is 24.3 Å². The zero-order valence-corrected chi connectivity index (χ0v) is 17.0. The minimum Gasteiger partial charge on any atom is -0.492 e. The summed E-state index contributed by atoms with van der Waals surface area (Å²) in [5.41, 5.74) is 1.37. The van der Waals surface area contributed by atoms with Gasteiger partial charge in [-0.2, -0.15) is 5.10 Å². The fourth-order valence-electron chi connectivity index (χ4n) is 2.79. The highest BCUT2D eigenvalue weighted by Gasteiger charge is 2.24. The van der Waals surface area contributed by atoms with Gasteiger partial charge in [-0.05, 0) is 46.1 Å². The van der Waals surface area contributed by atoms with Gasteiger partial charge in [-0.15, -0.1) is 0 Å². The first-order chi connectivity index (χ1) is 13.0. The van der Waals surface area contributed by atoms with E-state index in [0.717, 1.165) is 22.5 Å². The van der Waals surface area contributed by atoms with Crippen molar-refractivity contribution in [3.05, 3.63) is 36.2 Å². The molecule has 0 aliphatic heterocycles. The van der Waals surface area contributed by atoms with Gasteiger partial charge in [0.1, 0.15) is 17.0 Å². The number of benzene rings is 1. The monoisotopic (exact) mass is 387 g/mol. The maximum Gasteiger partial charge on any atom is 0.278 e. The van der Waals surface area contributed by atoms with Gasteiger partial charge in [0.15, 0.2) is 5.13 Å². The number of amides is 1. The summed E-state index contributed by atoms with van der Waals surface area (Å²) in [7, 11) is 3.98. The Morgan fingerprint density at radius 2 is 2.04 bits per heavy atom. The third kappa shape index (κ3) is 4.12. The van der Waals surface area contributed by atoms with Gasteiger partial charge in [0, 0.05) is 25.8 Å². The van der Waals surface area contributed by atoms with Crippen LogP contribution < -0.4 is 9.64 Å². The van der Waals surface area contributed by atoms with Crippen LogP contribution in [0.5, 0.6) is 5.75 Å². The molecule has 0 N–H and O–H groups in total. The number of para-hydroxylation sites is 1. The van der Waals surface area contributed by atoms with Crippen LogP contribution in [0.2, 0.25) is 0 Å². The highest BCUT2D eigenvalue weighted by Crippen LogP contribution is 2.34. The number of rotatable bonds is 8. The molecule has 2 heterocycles. The lowest BCUT2D eigenvalue weighted by molar-refractivity contribution is 0.0975. The molecule has 2 aromatic heterocycles. The lowest BCUT2D eigenvalue weighted by Crippen LogP contribution is -2.37. The van der Waals surface area contributed by atoms with Crippen molar-refractivity contribution in [2.75, 3.05) is 38.7 Å². The van der Waals surface area contributed by atoms with Crippen molar-refractivity contribution in [2.24, 2.45) is 0 Å². The van der Waals surface area contributed by atoms with Crippen molar-refractivity contribution in [2.45, 2.75) is 20.4 Å². The zero-order chi connectivity index (χ0) is 19.4. The average Bonchev–Trinajstić information content (AvgIpc) is 3.28. The van der Waals surface area contributed by atoms with Crippen LogP contribution in [0, 0.1) is 0 Å². The summed E-state index contributed by atoms with van der Waals surface area (Å²) in [6, 6.07) is 7.62. The van der Waals surface area contributed by atoms with E-state index in [1.54, 1.807) is 21.8 Å². The van der Waals surface area contributed by atoms with E-state index in [2.05, 4.69) is 10.00 Å². The molecule has 0 radical (unpaired) electrons. The van der Waals surface area contributed by atoms with Crippen LogP contribution in [-0.4, -0.2) is 59.4 Å². The summed E-state index contributed by atoms with van der Waals surface area (Å²) >= 11 is 1.50. The van der Waals surface area contributed by atoms with Gasteiger partial charge in [0.25, 0.3) is 5.91 Å². The number of ether oxygens (including phenoxy) is 1. The Hall–Kier alpha value is -2.45. The standard InChI is InChI=1S/C19H25N5O2S/c1-5-24-14(10-11-20-24)18(25)23(13-12-22(3)4)19-21-17-15(26-6-2)8-7-9-16(17)27-19/h7-11H,5-6,12-13H2,1-4H3. The van der Waals surface area contributed by atoms with Crippen LogP contribution >= 0.6 is 11.3 Å². The summed E-state index contributed by atoms with van der Waals surface area (Å²) in [6.07, 6.45) is 1.66. The number of fused-ring (bicyclic) bond motifs is 1. The molecule has 7 nitrogen and oxygen atoms in total. The van der Waals surface area contributed by atoms with E-state index >= 15 is 0 Å². The van der Waals surface area contributed by atoms with Gasteiger partial charge in [0.2, 0.25) is 0 Å². The van der Waals surface area contributed by atoms with Crippen LogP contribution in [0.15, 0.2) is 30.5 Å². The summed E-state index contributed by atoms with van der Waals surface area (Å²) in [6.45, 7) is 6.42. The molecular weight excluding hydrogens is 362 g/mol. The molecule has 0 fully saturated rings. The van der Waals surface area contributed by atoms with Gasteiger partial charge in [-0.25, -0.2) is 4.98 Å². The summed E-state index contributed by atoms with van der Waals surface area (Å²) < 4.78 is 8.41. The molecule has 3 rings (SSSR count). The Morgan fingerprint density at radius 1 is 1.22 bits per heavy atom. The van der Waals surface area contributed by atoms with Gasteiger partial charge >= 0.3 is 0 Å². The second-order valence-electron chi connectivity index (χ2n) is 6.32. The van der Waals surface area contributed by atoms with E-state index < -0.39 is 0 Å². The van der Waals surface area contributed by atoms with Crippen molar-refractivity contribution in [3.8, 4) is 5.75 Å². The average molecular weight is 388 g/mol. The predicted octanol–water partition coefficient (Wildman–Crippen LogP) is 3.12. The van der Waals surface area contributed by atoms with Gasteiger partial charge in [-0.3, -0.25) is 14.4 Å². The van der Waals surface area contributed by atoms with E-state index in [9.17, 15) is 4.79 Å². The number of hydrogen-bond acceptors (Lipinski definition) is 6. The molecule has 0 spiro atoms. The second-order valence-corrected chi connectivity index (χ2v) is 7.33. The van der Waals surface area contributed by atoms with Gasteiger partial charge in [-0.1, -0.05) is 17.4 Å². The lowest BCUT2D eigenvalue weighted by atomic mass is 10.3. The Morgan fingerprint density at radius 3 is 2.74 bits per heavy atom. The largest absolute Gasteiger partial charge is 0.492 e. The van der Waals surface area contributed by atoms with Gasteiger partial charge in [0.05, 0.1) is 11.3 Å². The zero-order valence-electron chi connectivity index (χ0n) is 16.2. The first-order valence-electron chi connectivity index (χ1n) is 9.05. The molecule has 8 heteroatoms. The number of anilines is 1. The van der Waals surface area contributed by atoms with Crippen molar-refractivity contribution in [1.29, 1.82) is 0 Å². The molecule has 1 amide bonds. The number of nitrogens with zero attached hydrogens (tertiary/aromatic N) is 5. The summed E-state index contributed by atoms with van der Waals surface area (Å²) in [4.78, 5) is 21.8. The molecule has 0 saturated heterocycles. The lowest BCUT2D eigenvalue weighted by Gasteiger charge is -2.22. The molecular formula is C19H25N5O2S. The fourth-order valence-corrected chi connectivity index (χ4v) is 3.80. The molecule has 3 aromatic rings. The third-order valence-electron chi connectivity index (χ3n) is 4.15. The van der Waals surface area contributed by atoms with Crippen molar-refractivity contribution >= 4 is 32.6 Å². The molecule has 0 bridgehead atoms. The first-order valence-corrected chi connectivity index (χ1v) is 9.87. The fraction of sp³-hybridized carbons (Fsp3) is 0.421. The quantitative estimate of drug-likeness (QED) is 0.594. The van der Waals surface area contributed by atoms with Crippen molar-refractivity contribution < 1.29 is 9.53 Å². The van der Waals surface area contributed by atoms with E-state index in [0.29, 0.717) is 30.5 Å². The molecule has 1 aromatic carbocycles. The Labute approximate surface area is 163 Å². The van der Waals surface area contributed by atoms with E-state index in [4.69, 9.17) is 9.72 Å². The van der Waals surface area contributed by atoms with E-state index in [1.165, 1.54) is 11.3 Å². The molecule has 0 aliphatic rings. The molecule has 0 aliphatic carbocycles. The number of carbonyl (C=O) groups excluding carboxylic acids is 1. The Balaban J connectivity index is 2.01. The number of thiazole rings is 1. The van der Waals surface area contributed by atoms with Gasteiger partial charge < -0.3 is 9.64 Å². The topological polar surface area (TPSA) is 63.5 Å². The highest BCUT2D eigenvalue weighted by atomic mass is 32.1. The van der Waals surface area contributed by atoms with Crippen LogP contribution in [0.3, 0.4) is 0 Å². The number of hydrogen-bond donors (Lipinski definition) is 0. The smallest absolute Gasteiger partial charge is 0.278 e. The SMILES string of the molecule is CCOc1cccc2sc(N(CCN(C)C)C(=O)c3ccnn3CC)nc12.